The Morgan fingerprint density at radius 3 is 1.74 bits per heavy atom. The van der Waals surface area contributed by atoms with Gasteiger partial charge in [0.15, 0.2) is 0 Å². The second-order valence-electron chi connectivity index (χ2n) is 7.21. The molecule has 31 heavy (non-hydrogen) atoms. The van der Waals surface area contributed by atoms with Crippen molar-refractivity contribution in [1.82, 2.24) is 0 Å². The lowest BCUT2D eigenvalue weighted by molar-refractivity contribution is 0.0706. The third-order valence-corrected chi connectivity index (χ3v) is 8.09. The van der Waals surface area contributed by atoms with Crippen LogP contribution in [0.15, 0.2) is 48.5 Å². The highest BCUT2D eigenvalue weighted by molar-refractivity contribution is 6.60. The van der Waals surface area contributed by atoms with Crippen molar-refractivity contribution >= 4 is 8.80 Å². The van der Waals surface area contributed by atoms with Gasteiger partial charge in [-0.2, -0.15) is 5.26 Å². The Morgan fingerprint density at radius 2 is 1.23 bits per heavy atom. The highest BCUT2D eigenvalue weighted by atomic mass is 28.4. The molecule has 5 nitrogen and oxygen atoms in total. The smallest absolute Gasteiger partial charge is 0.494 e. The molecule has 2 aromatic rings. The van der Waals surface area contributed by atoms with Gasteiger partial charge in [-0.3, -0.25) is 0 Å². The summed E-state index contributed by atoms with van der Waals surface area (Å²) in [5, 5.41) is 8.91. The van der Waals surface area contributed by atoms with E-state index in [1.165, 1.54) is 0 Å². The Hall–Kier alpha value is -2.17. The summed E-state index contributed by atoms with van der Waals surface area (Å²) in [4.78, 5) is 0. The molecule has 0 fully saturated rings. The first-order valence-electron chi connectivity index (χ1n) is 11.3. The van der Waals surface area contributed by atoms with Gasteiger partial charge in [-0.25, -0.2) is 0 Å². The molecular weight excluding hydrogens is 406 g/mol. The molecule has 2 rings (SSSR count). The minimum atomic E-state index is -2.50. The maximum absolute atomic E-state index is 8.91. The van der Waals surface area contributed by atoms with Crippen LogP contribution in [0.3, 0.4) is 0 Å². The van der Waals surface area contributed by atoms with Crippen LogP contribution >= 0.6 is 0 Å². The van der Waals surface area contributed by atoms with Crippen LogP contribution in [0.25, 0.3) is 11.1 Å². The van der Waals surface area contributed by atoms with Crippen LogP contribution in [-0.4, -0.2) is 35.2 Å². The summed E-state index contributed by atoms with van der Waals surface area (Å²) in [5.41, 5.74) is 2.88. The normalized spacial score (nSPS) is 11.3. The fraction of sp³-hybridized carbons (Fsp3) is 0.480. The summed E-state index contributed by atoms with van der Waals surface area (Å²) in [6, 6.07) is 18.7. The highest BCUT2D eigenvalue weighted by Gasteiger charge is 2.39. The quantitative estimate of drug-likeness (QED) is 0.243. The van der Waals surface area contributed by atoms with Crippen molar-refractivity contribution in [3.8, 4) is 22.9 Å². The van der Waals surface area contributed by atoms with Crippen LogP contribution < -0.4 is 4.74 Å². The van der Waals surface area contributed by atoms with Crippen LogP contribution in [0, 0.1) is 11.3 Å². The third kappa shape index (κ3) is 8.46. The number of benzene rings is 2. The molecule has 2 aromatic carbocycles. The Balaban J connectivity index is 1.68. The van der Waals surface area contributed by atoms with Gasteiger partial charge in [0.05, 0.1) is 18.2 Å². The monoisotopic (exact) mass is 441 g/mol. The molecule has 0 saturated carbocycles. The molecule has 0 aromatic heterocycles. The second kappa shape index (κ2) is 14.0. The van der Waals surface area contributed by atoms with Gasteiger partial charge in [0.2, 0.25) is 0 Å². The highest BCUT2D eigenvalue weighted by Crippen LogP contribution is 2.23. The van der Waals surface area contributed by atoms with Crippen molar-refractivity contribution in [3.63, 3.8) is 0 Å². The van der Waals surface area contributed by atoms with E-state index >= 15 is 0 Å². The summed E-state index contributed by atoms with van der Waals surface area (Å²) < 4.78 is 23.6. The largest absolute Gasteiger partial charge is 0.500 e. The van der Waals surface area contributed by atoms with Crippen molar-refractivity contribution in [2.24, 2.45) is 0 Å². The Morgan fingerprint density at radius 1 is 0.710 bits per heavy atom. The van der Waals surface area contributed by atoms with Gasteiger partial charge in [0.25, 0.3) is 0 Å². The summed E-state index contributed by atoms with van der Waals surface area (Å²) in [6.45, 7) is 8.58. The van der Waals surface area contributed by atoms with E-state index in [1.807, 2.05) is 57.2 Å². The van der Waals surface area contributed by atoms with Crippen LogP contribution in [0.5, 0.6) is 5.75 Å². The predicted octanol–water partition coefficient (Wildman–Crippen LogP) is 6.21. The number of nitriles is 1. The van der Waals surface area contributed by atoms with Gasteiger partial charge in [0.1, 0.15) is 5.75 Å². The fourth-order valence-corrected chi connectivity index (χ4v) is 6.15. The van der Waals surface area contributed by atoms with Gasteiger partial charge in [-0.1, -0.05) is 37.1 Å². The molecule has 6 heteroatoms. The molecule has 0 aliphatic heterocycles. The van der Waals surface area contributed by atoms with E-state index in [-0.39, 0.29) is 0 Å². The minimum absolute atomic E-state index is 0.629. The molecule has 0 N–H and O–H groups in total. The van der Waals surface area contributed by atoms with Crippen molar-refractivity contribution in [2.75, 3.05) is 26.4 Å². The zero-order valence-corrected chi connectivity index (χ0v) is 20.1. The summed E-state index contributed by atoms with van der Waals surface area (Å²) in [5.74, 6) is 0.882. The van der Waals surface area contributed by atoms with Crippen molar-refractivity contribution in [1.29, 1.82) is 5.26 Å². The second-order valence-corrected chi connectivity index (χ2v) is 9.94. The predicted molar refractivity (Wildman–Crippen MR) is 126 cm³/mol. The number of hydrogen-bond donors (Lipinski definition) is 0. The van der Waals surface area contributed by atoms with Crippen molar-refractivity contribution in [2.45, 2.75) is 52.5 Å². The fourth-order valence-electron chi connectivity index (χ4n) is 3.47. The molecule has 0 radical (unpaired) electrons. The molecule has 0 aliphatic carbocycles. The third-order valence-electron chi connectivity index (χ3n) is 4.94. The molecule has 0 amide bonds. The zero-order valence-electron chi connectivity index (χ0n) is 19.1. The van der Waals surface area contributed by atoms with Crippen molar-refractivity contribution in [3.05, 3.63) is 54.1 Å². The molecule has 0 aliphatic rings. The van der Waals surface area contributed by atoms with Crippen LogP contribution in [0.1, 0.15) is 52.0 Å². The van der Waals surface area contributed by atoms with E-state index < -0.39 is 8.80 Å². The van der Waals surface area contributed by atoms with E-state index in [2.05, 4.69) is 18.2 Å². The Bertz CT molecular complexity index is 770. The molecule has 0 saturated heterocycles. The van der Waals surface area contributed by atoms with Gasteiger partial charge in [-0.15, -0.1) is 0 Å². The number of ether oxygens (including phenoxy) is 1. The summed E-state index contributed by atoms with van der Waals surface area (Å²) in [7, 11) is -2.50. The molecule has 0 atom stereocenters. The summed E-state index contributed by atoms with van der Waals surface area (Å²) >= 11 is 0. The molecule has 0 heterocycles. The van der Waals surface area contributed by atoms with E-state index in [0.717, 1.165) is 48.6 Å². The first kappa shape index (κ1) is 25.1. The lowest BCUT2D eigenvalue weighted by Crippen LogP contribution is -2.45. The average molecular weight is 442 g/mol. The molecule has 0 bridgehead atoms. The maximum atomic E-state index is 8.91. The standard InChI is InChI=1S/C25H35NO4Si/c1-4-28-31(29-5-2,30-6-3)20-10-8-7-9-19-27-25-17-15-24(16-18-25)23-13-11-22(21-26)12-14-23/h11-18H,4-10,19-20H2,1-3H3. The van der Waals surface area contributed by atoms with E-state index in [1.54, 1.807) is 0 Å². The minimum Gasteiger partial charge on any atom is -0.494 e. The zero-order chi connectivity index (χ0) is 22.4. The van der Waals surface area contributed by atoms with Gasteiger partial charge in [0, 0.05) is 25.9 Å². The molecule has 168 valence electrons. The first-order chi connectivity index (χ1) is 15.2. The maximum Gasteiger partial charge on any atom is 0.500 e. The van der Waals surface area contributed by atoms with E-state index in [9.17, 15) is 0 Å². The van der Waals surface area contributed by atoms with E-state index in [4.69, 9.17) is 23.3 Å². The SMILES string of the molecule is CCO[Si](CCCCCCOc1ccc(-c2ccc(C#N)cc2)cc1)(OCC)OCC. The van der Waals surface area contributed by atoms with Gasteiger partial charge < -0.3 is 18.0 Å². The number of unbranched alkanes of at least 4 members (excludes halogenated alkanes) is 3. The van der Waals surface area contributed by atoms with Gasteiger partial charge >= 0.3 is 8.80 Å². The molecular formula is C25H35NO4Si. The lowest BCUT2D eigenvalue weighted by atomic mass is 10.0. The Labute approximate surface area is 188 Å². The number of rotatable bonds is 15. The van der Waals surface area contributed by atoms with Crippen LogP contribution in [0.2, 0.25) is 6.04 Å². The Kier molecular flexibility index (Phi) is 11.3. The average Bonchev–Trinajstić information content (AvgIpc) is 2.79. The van der Waals surface area contributed by atoms with Crippen LogP contribution in [-0.2, 0) is 13.3 Å². The van der Waals surface area contributed by atoms with Gasteiger partial charge in [-0.05, 0) is 69.0 Å². The molecule has 0 spiro atoms. The van der Waals surface area contributed by atoms with Crippen molar-refractivity contribution < 1.29 is 18.0 Å². The summed E-state index contributed by atoms with van der Waals surface area (Å²) in [6.07, 6.45) is 4.29. The molecule has 0 unspecified atom stereocenters. The number of nitrogens with zero attached hydrogens (tertiary/aromatic N) is 1. The lowest BCUT2D eigenvalue weighted by Gasteiger charge is -2.28. The first-order valence-corrected chi connectivity index (χ1v) is 13.2. The number of hydrogen-bond acceptors (Lipinski definition) is 5. The van der Waals surface area contributed by atoms with Crippen LogP contribution in [0.4, 0.5) is 0 Å². The van der Waals surface area contributed by atoms with E-state index in [0.29, 0.717) is 32.0 Å². The topological polar surface area (TPSA) is 60.7 Å².